The van der Waals surface area contributed by atoms with Crippen molar-refractivity contribution in [3.63, 3.8) is 0 Å². The van der Waals surface area contributed by atoms with Gasteiger partial charge in [-0.05, 0) is 6.92 Å². The number of amides is 1. The number of hydrogen-bond donors (Lipinski definition) is 2. The molecule has 0 saturated heterocycles. The topological polar surface area (TPSA) is 81.4 Å². The van der Waals surface area contributed by atoms with Crippen LogP contribution in [-0.2, 0) is 14.3 Å². The molecule has 1 unspecified atom stereocenters. The highest BCUT2D eigenvalue weighted by Gasteiger charge is 2.08. The first-order valence-corrected chi connectivity index (χ1v) is 3.64. The second-order valence-corrected chi connectivity index (χ2v) is 2.53. The molecule has 0 aliphatic rings. The number of nitrogens with one attached hydrogen (secondary N) is 1. The van der Waals surface area contributed by atoms with Gasteiger partial charge in [-0.1, -0.05) is 0 Å². The zero-order valence-electron chi connectivity index (χ0n) is 7.29. The predicted octanol–water partition coefficient (Wildman–Crippen LogP) is -0.987. The van der Waals surface area contributed by atoms with Crippen molar-refractivity contribution < 1.29 is 14.3 Å². The Bertz CT molecular complexity index is 170. The molecule has 5 nitrogen and oxygen atoms in total. The monoisotopic (exact) mass is 174 g/mol. The maximum atomic E-state index is 10.7. The van der Waals surface area contributed by atoms with Crippen LogP contribution in [0.4, 0.5) is 0 Å². The fraction of sp³-hybridized carbons (Fsp3) is 0.714. The van der Waals surface area contributed by atoms with Gasteiger partial charge in [0.2, 0.25) is 5.91 Å². The van der Waals surface area contributed by atoms with Gasteiger partial charge in [-0.2, -0.15) is 0 Å². The van der Waals surface area contributed by atoms with Gasteiger partial charge in [0, 0.05) is 6.04 Å². The van der Waals surface area contributed by atoms with Crippen LogP contribution in [0.3, 0.4) is 0 Å². The van der Waals surface area contributed by atoms with Crippen molar-refractivity contribution >= 4 is 11.9 Å². The number of hydrogen-bond acceptors (Lipinski definition) is 4. The summed E-state index contributed by atoms with van der Waals surface area (Å²) in [6, 6.07) is -0.0926. The summed E-state index contributed by atoms with van der Waals surface area (Å²) >= 11 is 0. The molecule has 1 amide bonds. The third-order valence-corrected chi connectivity index (χ3v) is 1.33. The molecule has 0 rings (SSSR count). The van der Waals surface area contributed by atoms with E-state index in [1.807, 2.05) is 0 Å². The second kappa shape index (κ2) is 5.54. The van der Waals surface area contributed by atoms with E-state index >= 15 is 0 Å². The van der Waals surface area contributed by atoms with Crippen LogP contribution in [-0.4, -0.2) is 31.6 Å². The molecule has 0 aromatic heterocycles. The van der Waals surface area contributed by atoms with E-state index in [1.54, 1.807) is 6.92 Å². The quantitative estimate of drug-likeness (QED) is 0.524. The van der Waals surface area contributed by atoms with Crippen LogP contribution in [0.25, 0.3) is 0 Å². The molecule has 0 heterocycles. The number of esters is 1. The van der Waals surface area contributed by atoms with Crippen molar-refractivity contribution in [2.75, 3.05) is 13.7 Å². The van der Waals surface area contributed by atoms with Crippen molar-refractivity contribution in [1.82, 2.24) is 5.32 Å². The van der Waals surface area contributed by atoms with E-state index in [-0.39, 0.29) is 25.0 Å². The van der Waals surface area contributed by atoms with E-state index in [1.165, 1.54) is 7.11 Å². The lowest BCUT2D eigenvalue weighted by Gasteiger charge is -2.09. The molecule has 0 spiro atoms. The van der Waals surface area contributed by atoms with E-state index in [4.69, 9.17) is 5.73 Å². The summed E-state index contributed by atoms with van der Waals surface area (Å²) in [5, 5.41) is 2.77. The average molecular weight is 174 g/mol. The van der Waals surface area contributed by atoms with Crippen LogP contribution in [0.1, 0.15) is 13.3 Å². The summed E-state index contributed by atoms with van der Waals surface area (Å²) in [4.78, 5) is 21.0. The fourth-order valence-corrected chi connectivity index (χ4v) is 0.680. The molecule has 0 saturated carbocycles. The van der Waals surface area contributed by atoms with E-state index in [2.05, 4.69) is 10.1 Å². The molecule has 70 valence electrons. The predicted molar refractivity (Wildman–Crippen MR) is 43.3 cm³/mol. The number of methoxy groups -OCH3 is 1. The molecule has 0 aliphatic heterocycles. The molecule has 1 atom stereocenters. The minimum atomic E-state index is -0.438. The van der Waals surface area contributed by atoms with Crippen LogP contribution in [0, 0.1) is 0 Å². The number of ether oxygens (including phenoxy) is 1. The van der Waals surface area contributed by atoms with Crippen molar-refractivity contribution in [2.45, 2.75) is 19.4 Å². The fourth-order valence-electron chi connectivity index (χ4n) is 0.680. The third-order valence-electron chi connectivity index (χ3n) is 1.33. The van der Waals surface area contributed by atoms with Crippen molar-refractivity contribution in [3.8, 4) is 0 Å². The van der Waals surface area contributed by atoms with Crippen LogP contribution >= 0.6 is 0 Å². The Balaban J connectivity index is 3.52. The van der Waals surface area contributed by atoms with Gasteiger partial charge >= 0.3 is 5.97 Å². The number of nitrogens with two attached hydrogens (primary N) is 1. The van der Waals surface area contributed by atoms with Crippen LogP contribution < -0.4 is 11.1 Å². The van der Waals surface area contributed by atoms with Crippen molar-refractivity contribution in [3.05, 3.63) is 0 Å². The largest absolute Gasteiger partial charge is 0.469 e. The number of primary amides is 1. The first kappa shape index (κ1) is 10.9. The standard InChI is InChI=1S/C7H14N2O3/c1-5(3-7(11)12-2)9-4-6(8)10/h5,9H,3-4H2,1-2H3,(H2,8,10). The molecular weight excluding hydrogens is 160 g/mol. The lowest BCUT2D eigenvalue weighted by molar-refractivity contribution is -0.141. The number of rotatable bonds is 5. The summed E-state index contributed by atoms with van der Waals surface area (Å²) in [5.74, 6) is -0.744. The van der Waals surface area contributed by atoms with Gasteiger partial charge in [0.25, 0.3) is 0 Å². The smallest absolute Gasteiger partial charge is 0.307 e. The molecule has 0 aromatic carbocycles. The highest BCUT2D eigenvalue weighted by Crippen LogP contribution is 1.91. The van der Waals surface area contributed by atoms with Gasteiger partial charge in [0.1, 0.15) is 0 Å². The third kappa shape index (κ3) is 5.67. The Hall–Kier alpha value is -1.10. The second-order valence-electron chi connectivity index (χ2n) is 2.53. The lowest BCUT2D eigenvalue weighted by atomic mass is 10.2. The van der Waals surface area contributed by atoms with E-state index in [0.717, 1.165) is 0 Å². The highest BCUT2D eigenvalue weighted by atomic mass is 16.5. The minimum absolute atomic E-state index is 0.0815. The van der Waals surface area contributed by atoms with Crippen molar-refractivity contribution in [2.24, 2.45) is 5.73 Å². The van der Waals surface area contributed by atoms with Crippen LogP contribution in [0.2, 0.25) is 0 Å². The molecular formula is C7H14N2O3. The Labute approximate surface area is 71.3 Å². The first-order valence-electron chi connectivity index (χ1n) is 3.64. The lowest BCUT2D eigenvalue weighted by Crippen LogP contribution is -2.36. The molecule has 5 heteroatoms. The number of carbonyl (C=O) groups excluding carboxylic acids is 2. The Kier molecular flexibility index (Phi) is 5.03. The maximum absolute atomic E-state index is 10.7. The van der Waals surface area contributed by atoms with Gasteiger partial charge in [0.05, 0.1) is 20.1 Å². The highest BCUT2D eigenvalue weighted by molar-refractivity contribution is 5.76. The van der Waals surface area contributed by atoms with Crippen molar-refractivity contribution in [1.29, 1.82) is 0 Å². The number of carbonyl (C=O) groups is 2. The summed E-state index contributed by atoms with van der Waals surface area (Å²) < 4.78 is 4.43. The summed E-state index contributed by atoms with van der Waals surface area (Å²) in [5.41, 5.74) is 4.89. The zero-order valence-corrected chi connectivity index (χ0v) is 7.29. The van der Waals surface area contributed by atoms with Crippen LogP contribution in [0.15, 0.2) is 0 Å². The van der Waals surface area contributed by atoms with E-state index < -0.39 is 5.91 Å². The average Bonchev–Trinajstić information content (AvgIpc) is 2.00. The summed E-state index contributed by atoms with van der Waals surface area (Å²) in [6.45, 7) is 1.86. The van der Waals surface area contributed by atoms with E-state index in [9.17, 15) is 9.59 Å². The first-order chi connectivity index (χ1) is 5.56. The van der Waals surface area contributed by atoms with Gasteiger partial charge < -0.3 is 15.8 Å². The zero-order chi connectivity index (χ0) is 9.56. The van der Waals surface area contributed by atoms with Gasteiger partial charge in [0.15, 0.2) is 0 Å². The SMILES string of the molecule is COC(=O)CC(C)NCC(N)=O. The molecule has 0 aliphatic carbocycles. The summed E-state index contributed by atoms with van der Waals surface area (Å²) in [7, 11) is 1.32. The molecule has 3 N–H and O–H groups in total. The Morgan fingerprint density at radius 3 is 2.58 bits per heavy atom. The molecule has 12 heavy (non-hydrogen) atoms. The molecule has 0 radical (unpaired) electrons. The van der Waals surface area contributed by atoms with Crippen LogP contribution in [0.5, 0.6) is 0 Å². The molecule has 0 aromatic rings. The summed E-state index contributed by atoms with van der Waals surface area (Å²) in [6.07, 6.45) is 0.240. The Morgan fingerprint density at radius 1 is 1.58 bits per heavy atom. The minimum Gasteiger partial charge on any atom is -0.469 e. The molecule has 0 bridgehead atoms. The van der Waals surface area contributed by atoms with Gasteiger partial charge in [-0.3, -0.25) is 9.59 Å². The normalized spacial score (nSPS) is 12.2. The van der Waals surface area contributed by atoms with Gasteiger partial charge in [-0.15, -0.1) is 0 Å². The Morgan fingerprint density at radius 2 is 2.17 bits per heavy atom. The van der Waals surface area contributed by atoms with E-state index in [0.29, 0.717) is 0 Å². The van der Waals surface area contributed by atoms with Gasteiger partial charge in [-0.25, -0.2) is 0 Å². The maximum Gasteiger partial charge on any atom is 0.307 e. The molecule has 0 fully saturated rings.